The molecule has 0 spiro atoms. The minimum Gasteiger partial charge on any atom is -0.309 e. The quantitative estimate of drug-likeness (QED) is 0.806. The van der Waals surface area contributed by atoms with E-state index >= 15 is 0 Å². The Morgan fingerprint density at radius 1 is 1.27 bits per heavy atom. The fourth-order valence-electron chi connectivity index (χ4n) is 1.58. The van der Waals surface area contributed by atoms with Gasteiger partial charge in [0.1, 0.15) is 0 Å². The summed E-state index contributed by atoms with van der Waals surface area (Å²) in [7, 11) is 0. The summed E-state index contributed by atoms with van der Waals surface area (Å²) in [6, 6.07) is 7.45. The number of hydrogen-bond acceptors (Lipinski definition) is 1. The molecule has 2 aromatic rings. The standard InChI is InChI=1S/C11H11ClN2O/c1-2-9-10(14-11(15)13-9)7-5-3-4-6-8(7)12/h3-6H,2H2,1H3,(H2,13,14,15). The van der Waals surface area contributed by atoms with Crippen LogP contribution < -0.4 is 5.69 Å². The number of aromatic amines is 2. The molecule has 0 atom stereocenters. The Balaban J connectivity index is 2.63. The minimum absolute atomic E-state index is 0.193. The number of hydrogen-bond donors (Lipinski definition) is 2. The van der Waals surface area contributed by atoms with Crippen molar-refractivity contribution in [1.29, 1.82) is 0 Å². The van der Waals surface area contributed by atoms with Gasteiger partial charge in [0.05, 0.1) is 5.69 Å². The molecule has 0 radical (unpaired) electrons. The first-order chi connectivity index (χ1) is 7.22. The van der Waals surface area contributed by atoms with Crippen LogP contribution in [0.2, 0.25) is 5.02 Å². The predicted octanol–water partition coefficient (Wildman–Crippen LogP) is 2.59. The third-order valence-corrected chi connectivity index (χ3v) is 2.63. The van der Waals surface area contributed by atoms with Crippen LogP contribution in [-0.4, -0.2) is 9.97 Å². The molecule has 0 aliphatic rings. The van der Waals surface area contributed by atoms with E-state index in [0.29, 0.717) is 5.02 Å². The number of aromatic nitrogens is 2. The van der Waals surface area contributed by atoms with E-state index in [1.54, 1.807) is 0 Å². The molecule has 2 N–H and O–H groups in total. The van der Waals surface area contributed by atoms with Crippen LogP contribution in [0.4, 0.5) is 0 Å². The highest BCUT2D eigenvalue weighted by atomic mass is 35.5. The molecule has 0 amide bonds. The summed E-state index contributed by atoms with van der Waals surface area (Å²) in [4.78, 5) is 16.7. The molecule has 3 nitrogen and oxygen atoms in total. The monoisotopic (exact) mass is 222 g/mol. The molecule has 0 saturated carbocycles. The molecule has 0 bridgehead atoms. The predicted molar refractivity (Wildman–Crippen MR) is 61.2 cm³/mol. The Bertz CT molecular complexity index is 527. The molecule has 0 aliphatic carbocycles. The lowest BCUT2D eigenvalue weighted by Gasteiger charge is -2.02. The van der Waals surface area contributed by atoms with Crippen molar-refractivity contribution in [3.05, 3.63) is 45.5 Å². The zero-order valence-electron chi connectivity index (χ0n) is 8.30. The van der Waals surface area contributed by atoms with Gasteiger partial charge in [-0.25, -0.2) is 4.79 Å². The molecule has 4 heteroatoms. The molecule has 78 valence electrons. The molecule has 1 aromatic heterocycles. The van der Waals surface area contributed by atoms with Crippen molar-refractivity contribution < 1.29 is 0 Å². The van der Waals surface area contributed by atoms with Gasteiger partial charge in [0.2, 0.25) is 0 Å². The second kappa shape index (κ2) is 3.95. The molecule has 2 rings (SSSR count). The van der Waals surface area contributed by atoms with Crippen molar-refractivity contribution in [3.8, 4) is 11.3 Å². The van der Waals surface area contributed by atoms with Crippen molar-refractivity contribution in [2.45, 2.75) is 13.3 Å². The van der Waals surface area contributed by atoms with Crippen LogP contribution in [0.3, 0.4) is 0 Å². The second-order valence-electron chi connectivity index (χ2n) is 3.27. The largest absolute Gasteiger partial charge is 0.323 e. The summed E-state index contributed by atoms with van der Waals surface area (Å²) in [5, 5.41) is 0.641. The first kappa shape index (κ1) is 10.1. The van der Waals surface area contributed by atoms with Crippen LogP contribution in [0.5, 0.6) is 0 Å². The third-order valence-electron chi connectivity index (χ3n) is 2.30. The Morgan fingerprint density at radius 2 is 2.00 bits per heavy atom. The van der Waals surface area contributed by atoms with Crippen LogP contribution in [-0.2, 0) is 6.42 Å². The molecule has 1 aromatic carbocycles. The highest BCUT2D eigenvalue weighted by Crippen LogP contribution is 2.27. The van der Waals surface area contributed by atoms with Crippen molar-refractivity contribution in [1.82, 2.24) is 9.97 Å². The summed E-state index contributed by atoms with van der Waals surface area (Å²) < 4.78 is 0. The lowest BCUT2D eigenvalue weighted by atomic mass is 10.1. The summed E-state index contributed by atoms with van der Waals surface area (Å²) in [5.74, 6) is 0. The number of benzene rings is 1. The topological polar surface area (TPSA) is 48.6 Å². The SMILES string of the molecule is CCc1[nH]c(=O)[nH]c1-c1ccccc1Cl. The molecule has 0 fully saturated rings. The van der Waals surface area contributed by atoms with Gasteiger partial charge in [-0.2, -0.15) is 0 Å². The summed E-state index contributed by atoms with van der Waals surface area (Å²) in [6.45, 7) is 1.99. The third kappa shape index (κ3) is 1.83. The van der Waals surface area contributed by atoms with Gasteiger partial charge in [0.25, 0.3) is 0 Å². The zero-order valence-corrected chi connectivity index (χ0v) is 9.06. The lowest BCUT2D eigenvalue weighted by Crippen LogP contribution is -2.00. The van der Waals surface area contributed by atoms with Gasteiger partial charge in [-0.15, -0.1) is 0 Å². The van der Waals surface area contributed by atoms with E-state index in [-0.39, 0.29) is 5.69 Å². The fraction of sp³-hybridized carbons (Fsp3) is 0.182. The number of H-pyrrole nitrogens is 2. The molecule has 1 heterocycles. The van der Waals surface area contributed by atoms with Gasteiger partial charge >= 0.3 is 5.69 Å². The molecule has 0 saturated heterocycles. The van der Waals surface area contributed by atoms with Crippen LogP contribution in [0.1, 0.15) is 12.6 Å². The number of rotatable bonds is 2. The average Bonchev–Trinajstić information content (AvgIpc) is 2.60. The van der Waals surface area contributed by atoms with E-state index in [1.165, 1.54) is 0 Å². The highest BCUT2D eigenvalue weighted by Gasteiger charge is 2.10. The Kier molecular flexibility index (Phi) is 2.64. The molecule has 15 heavy (non-hydrogen) atoms. The van der Waals surface area contributed by atoms with Gasteiger partial charge in [0, 0.05) is 16.3 Å². The van der Waals surface area contributed by atoms with E-state index in [1.807, 2.05) is 31.2 Å². The Labute approximate surface area is 92.1 Å². The van der Waals surface area contributed by atoms with Crippen molar-refractivity contribution in [2.24, 2.45) is 0 Å². The first-order valence-electron chi connectivity index (χ1n) is 4.78. The summed E-state index contributed by atoms with van der Waals surface area (Å²) >= 11 is 6.06. The Morgan fingerprint density at radius 3 is 2.67 bits per heavy atom. The van der Waals surface area contributed by atoms with Crippen LogP contribution in [0.25, 0.3) is 11.3 Å². The maximum Gasteiger partial charge on any atom is 0.323 e. The van der Waals surface area contributed by atoms with Crippen molar-refractivity contribution in [2.75, 3.05) is 0 Å². The molecule has 0 unspecified atom stereocenters. The lowest BCUT2D eigenvalue weighted by molar-refractivity contribution is 1.05. The van der Waals surface area contributed by atoms with E-state index in [9.17, 15) is 4.79 Å². The molecular formula is C11H11ClN2O. The normalized spacial score (nSPS) is 10.5. The maximum atomic E-state index is 11.2. The fourth-order valence-corrected chi connectivity index (χ4v) is 1.81. The van der Waals surface area contributed by atoms with Gasteiger partial charge in [0.15, 0.2) is 0 Å². The first-order valence-corrected chi connectivity index (χ1v) is 5.16. The smallest absolute Gasteiger partial charge is 0.309 e. The summed E-state index contributed by atoms with van der Waals surface area (Å²) in [5.41, 5.74) is 2.33. The van der Waals surface area contributed by atoms with Crippen LogP contribution in [0, 0.1) is 0 Å². The van der Waals surface area contributed by atoms with Crippen LogP contribution in [0.15, 0.2) is 29.1 Å². The van der Waals surface area contributed by atoms with Gasteiger partial charge in [-0.1, -0.05) is 36.7 Å². The number of aryl methyl sites for hydroxylation is 1. The number of imidazole rings is 1. The average molecular weight is 223 g/mol. The van der Waals surface area contributed by atoms with Crippen molar-refractivity contribution in [3.63, 3.8) is 0 Å². The molecule has 0 aliphatic heterocycles. The van der Waals surface area contributed by atoms with Gasteiger partial charge in [-0.05, 0) is 12.5 Å². The summed E-state index contributed by atoms with van der Waals surface area (Å²) in [6.07, 6.45) is 0.763. The van der Waals surface area contributed by atoms with Crippen molar-refractivity contribution >= 4 is 11.6 Å². The zero-order chi connectivity index (χ0) is 10.8. The molecular weight excluding hydrogens is 212 g/mol. The number of nitrogens with one attached hydrogen (secondary N) is 2. The second-order valence-corrected chi connectivity index (χ2v) is 3.67. The van der Waals surface area contributed by atoms with E-state index < -0.39 is 0 Å². The van der Waals surface area contributed by atoms with Crippen LogP contribution >= 0.6 is 11.6 Å². The maximum absolute atomic E-state index is 11.2. The number of halogens is 1. The Hall–Kier alpha value is -1.48. The van der Waals surface area contributed by atoms with Gasteiger partial charge < -0.3 is 9.97 Å². The van der Waals surface area contributed by atoms with E-state index in [2.05, 4.69) is 9.97 Å². The highest BCUT2D eigenvalue weighted by molar-refractivity contribution is 6.33. The van der Waals surface area contributed by atoms with E-state index in [4.69, 9.17) is 11.6 Å². The van der Waals surface area contributed by atoms with E-state index in [0.717, 1.165) is 23.4 Å². The minimum atomic E-state index is -0.193. The van der Waals surface area contributed by atoms with Gasteiger partial charge in [-0.3, -0.25) is 0 Å².